The highest BCUT2D eigenvalue weighted by Gasteiger charge is 2.19. The van der Waals surface area contributed by atoms with E-state index in [1.165, 1.54) is 38.3 Å². The largest absolute Gasteiger partial charge is 0.310 e. The van der Waals surface area contributed by atoms with E-state index in [4.69, 9.17) is 0 Å². The Morgan fingerprint density at radius 3 is 2.71 bits per heavy atom. The molecular formula is C14H21FN2. The van der Waals surface area contributed by atoms with Crippen molar-refractivity contribution in [2.24, 2.45) is 5.92 Å². The number of hydrogen-bond acceptors (Lipinski definition) is 2. The van der Waals surface area contributed by atoms with Gasteiger partial charge in [0.25, 0.3) is 0 Å². The highest BCUT2D eigenvalue weighted by molar-refractivity contribution is 5.09. The Morgan fingerprint density at radius 2 is 2.06 bits per heavy atom. The molecule has 0 aliphatic heterocycles. The molecule has 1 saturated carbocycles. The Kier molecular flexibility index (Phi) is 4.49. The van der Waals surface area contributed by atoms with Gasteiger partial charge in [0.1, 0.15) is 5.82 Å². The van der Waals surface area contributed by atoms with Crippen LogP contribution in [0.15, 0.2) is 18.5 Å². The monoisotopic (exact) mass is 236 g/mol. The van der Waals surface area contributed by atoms with E-state index in [0.717, 1.165) is 18.0 Å². The van der Waals surface area contributed by atoms with E-state index in [-0.39, 0.29) is 5.82 Å². The highest BCUT2D eigenvalue weighted by atomic mass is 19.1. The van der Waals surface area contributed by atoms with Crippen LogP contribution in [0.25, 0.3) is 0 Å². The first-order valence-electron chi connectivity index (χ1n) is 6.60. The number of rotatable bonds is 4. The molecule has 2 nitrogen and oxygen atoms in total. The van der Waals surface area contributed by atoms with Crippen LogP contribution in [0, 0.1) is 11.7 Å². The molecule has 1 N–H and O–H groups in total. The van der Waals surface area contributed by atoms with E-state index in [1.807, 2.05) is 0 Å². The van der Waals surface area contributed by atoms with Crippen LogP contribution >= 0.6 is 0 Å². The van der Waals surface area contributed by atoms with Gasteiger partial charge in [0.15, 0.2) is 0 Å². The van der Waals surface area contributed by atoms with Crippen molar-refractivity contribution in [2.45, 2.75) is 51.6 Å². The van der Waals surface area contributed by atoms with Gasteiger partial charge in [-0.15, -0.1) is 0 Å². The molecule has 3 heteroatoms. The smallest absolute Gasteiger partial charge is 0.141 e. The first kappa shape index (κ1) is 12.5. The number of halogens is 1. The summed E-state index contributed by atoms with van der Waals surface area (Å²) >= 11 is 0. The lowest BCUT2D eigenvalue weighted by atomic mass is 9.84. The zero-order valence-corrected chi connectivity index (χ0v) is 10.5. The Bertz CT molecular complexity index is 346. The molecular weight excluding hydrogens is 215 g/mol. The minimum Gasteiger partial charge on any atom is -0.310 e. The van der Waals surface area contributed by atoms with Crippen LogP contribution in [-0.4, -0.2) is 11.0 Å². The van der Waals surface area contributed by atoms with Gasteiger partial charge in [-0.2, -0.15) is 0 Å². The highest BCUT2D eigenvalue weighted by Crippen LogP contribution is 2.26. The van der Waals surface area contributed by atoms with Crippen molar-refractivity contribution in [1.29, 1.82) is 0 Å². The number of aromatic nitrogens is 1. The van der Waals surface area contributed by atoms with E-state index in [0.29, 0.717) is 6.04 Å². The summed E-state index contributed by atoms with van der Waals surface area (Å²) in [5, 5.41) is 3.50. The number of hydrogen-bond donors (Lipinski definition) is 1. The molecule has 0 unspecified atom stereocenters. The third kappa shape index (κ3) is 3.77. The van der Waals surface area contributed by atoms with Gasteiger partial charge in [-0.3, -0.25) is 4.98 Å². The van der Waals surface area contributed by atoms with Crippen molar-refractivity contribution in [2.75, 3.05) is 0 Å². The zero-order chi connectivity index (χ0) is 12.1. The third-order valence-corrected chi connectivity index (χ3v) is 3.78. The van der Waals surface area contributed by atoms with Gasteiger partial charge in [-0.25, -0.2) is 4.39 Å². The van der Waals surface area contributed by atoms with Crippen LogP contribution in [0.3, 0.4) is 0 Å². The molecule has 1 aromatic rings. The van der Waals surface area contributed by atoms with E-state index >= 15 is 0 Å². The average molecular weight is 236 g/mol. The summed E-state index contributed by atoms with van der Waals surface area (Å²) in [6.45, 7) is 3.00. The van der Waals surface area contributed by atoms with Gasteiger partial charge >= 0.3 is 0 Å². The summed E-state index contributed by atoms with van der Waals surface area (Å²) < 4.78 is 12.9. The molecule has 0 amide bonds. The molecule has 0 aromatic carbocycles. The average Bonchev–Trinajstić information content (AvgIpc) is 2.37. The second-order valence-electron chi connectivity index (χ2n) is 5.02. The fourth-order valence-electron chi connectivity index (χ4n) is 2.59. The van der Waals surface area contributed by atoms with E-state index < -0.39 is 0 Å². The molecule has 1 heterocycles. The normalized spacial score (nSPS) is 24.8. The molecule has 1 fully saturated rings. The number of pyridine rings is 1. The minimum atomic E-state index is -0.251. The van der Waals surface area contributed by atoms with Crippen molar-refractivity contribution in [3.05, 3.63) is 29.8 Å². The van der Waals surface area contributed by atoms with Crippen LogP contribution < -0.4 is 5.32 Å². The van der Waals surface area contributed by atoms with Gasteiger partial charge in [-0.05, 0) is 43.2 Å². The predicted molar refractivity (Wildman–Crippen MR) is 67.1 cm³/mol. The van der Waals surface area contributed by atoms with Crippen LogP contribution in [0.5, 0.6) is 0 Å². The van der Waals surface area contributed by atoms with Crippen LogP contribution in [-0.2, 0) is 6.54 Å². The summed E-state index contributed by atoms with van der Waals surface area (Å²) in [6, 6.07) is 2.15. The van der Waals surface area contributed by atoms with Gasteiger partial charge in [0.05, 0.1) is 6.20 Å². The van der Waals surface area contributed by atoms with Crippen molar-refractivity contribution < 1.29 is 4.39 Å². The van der Waals surface area contributed by atoms with Crippen LogP contribution in [0.1, 0.15) is 44.6 Å². The van der Waals surface area contributed by atoms with Crippen molar-refractivity contribution in [3.8, 4) is 0 Å². The van der Waals surface area contributed by atoms with Gasteiger partial charge in [-0.1, -0.05) is 13.3 Å². The van der Waals surface area contributed by atoms with Gasteiger partial charge in [0.2, 0.25) is 0 Å². The van der Waals surface area contributed by atoms with Crippen LogP contribution in [0.2, 0.25) is 0 Å². The van der Waals surface area contributed by atoms with Gasteiger partial charge < -0.3 is 5.32 Å². The predicted octanol–water partition coefficient (Wildman–Crippen LogP) is 3.28. The van der Waals surface area contributed by atoms with Crippen molar-refractivity contribution >= 4 is 0 Å². The first-order valence-corrected chi connectivity index (χ1v) is 6.60. The summed E-state index contributed by atoms with van der Waals surface area (Å²) in [4.78, 5) is 3.86. The molecule has 17 heavy (non-hydrogen) atoms. The van der Waals surface area contributed by atoms with Crippen molar-refractivity contribution in [3.63, 3.8) is 0 Å². The lowest BCUT2D eigenvalue weighted by Crippen LogP contribution is -2.32. The van der Waals surface area contributed by atoms with Gasteiger partial charge in [0, 0.05) is 18.8 Å². The molecule has 0 spiro atoms. The maximum Gasteiger partial charge on any atom is 0.141 e. The molecule has 0 bridgehead atoms. The SMILES string of the molecule is CCC1CCC(NCc2cncc(F)c2)CC1. The fourth-order valence-corrected chi connectivity index (χ4v) is 2.59. The maximum absolute atomic E-state index is 12.9. The fraction of sp³-hybridized carbons (Fsp3) is 0.643. The van der Waals surface area contributed by atoms with Crippen molar-refractivity contribution in [1.82, 2.24) is 10.3 Å². The zero-order valence-electron chi connectivity index (χ0n) is 10.5. The number of nitrogens with one attached hydrogen (secondary N) is 1. The lowest BCUT2D eigenvalue weighted by Gasteiger charge is -2.28. The molecule has 0 radical (unpaired) electrons. The Labute approximate surface area is 103 Å². The number of nitrogens with zero attached hydrogens (tertiary/aromatic N) is 1. The minimum absolute atomic E-state index is 0.251. The molecule has 1 aliphatic carbocycles. The lowest BCUT2D eigenvalue weighted by molar-refractivity contribution is 0.285. The third-order valence-electron chi connectivity index (χ3n) is 3.78. The molecule has 2 rings (SSSR count). The van der Waals surface area contributed by atoms with Crippen LogP contribution in [0.4, 0.5) is 4.39 Å². The summed E-state index contributed by atoms with van der Waals surface area (Å²) in [5.74, 6) is 0.669. The second-order valence-corrected chi connectivity index (χ2v) is 5.02. The molecule has 0 saturated heterocycles. The molecule has 0 atom stereocenters. The summed E-state index contributed by atoms with van der Waals surface area (Å²) in [7, 11) is 0. The summed E-state index contributed by atoms with van der Waals surface area (Å²) in [5.41, 5.74) is 0.933. The molecule has 1 aliphatic rings. The Hall–Kier alpha value is -0.960. The summed E-state index contributed by atoms with van der Waals surface area (Å²) in [6.07, 6.45) is 9.44. The Morgan fingerprint density at radius 1 is 1.29 bits per heavy atom. The first-order chi connectivity index (χ1) is 8.28. The second kappa shape index (κ2) is 6.10. The van der Waals surface area contributed by atoms with E-state index in [2.05, 4.69) is 17.2 Å². The van der Waals surface area contributed by atoms with E-state index in [1.54, 1.807) is 12.3 Å². The van der Waals surface area contributed by atoms with E-state index in [9.17, 15) is 4.39 Å². The standard InChI is InChI=1S/C14H21FN2/c1-2-11-3-5-14(6-4-11)17-9-12-7-13(15)10-16-8-12/h7-8,10-11,14,17H,2-6,9H2,1H3. The topological polar surface area (TPSA) is 24.9 Å². The Balaban J connectivity index is 1.76. The maximum atomic E-state index is 12.9. The molecule has 1 aromatic heterocycles. The quantitative estimate of drug-likeness (QED) is 0.867. The molecule has 94 valence electrons.